The summed E-state index contributed by atoms with van der Waals surface area (Å²) in [5, 5.41) is 11.0. The Morgan fingerprint density at radius 1 is 1.10 bits per heavy atom. The number of hydrogen-bond acceptors (Lipinski definition) is 3. The van der Waals surface area contributed by atoms with Crippen molar-refractivity contribution in [3.63, 3.8) is 0 Å². The number of para-hydroxylation sites is 1. The van der Waals surface area contributed by atoms with Crippen LogP contribution in [0.5, 0.6) is 5.75 Å². The minimum atomic E-state index is -0.550. The minimum Gasteiger partial charge on any atom is -0.491 e. The van der Waals surface area contributed by atoms with Gasteiger partial charge in [-0.3, -0.25) is 4.90 Å². The van der Waals surface area contributed by atoms with E-state index in [1.165, 1.54) is 19.3 Å². The molecule has 118 valence electrons. The first kappa shape index (κ1) is 16.3. The van der Waals surface area contributed by atoms with E-state index in [1.54, 1.807) is 0 Å². The topological polar surface area (TPSA) is 32.7 Å². The summed E-state index contributed by atoms with van der Waals surface area (Å²) in [5.41, 5.74) is 0.610. The highest BCUT2D eigenvalue weighted by molar-refractivity contribution is 5.37. The van der Waals surface area contributed by atoms with Gasteiger partial charge in [-0.1, -0.05) is 24.6 Å². The van der Waals surface area contributed by atoms with Crippen LogP contribution in [0.1, 0.15) is 58.6 Å². The molecule has 3 nitrogen and oxygen atoms in total. The van der Waals surface area contributed by atoms with Crippen LogP contribution in [0.4, 0.5) is 0 Å². The maximum absolute atomic E-state index is 11.0. The highest BCUT2D eigenvalue weighted by Crippen LogP contribution is 2.37. The standard InChI is InChI=1S/C18H29NO2/c1-14(2)21-16-11-7-6-10-15(16)17(20)18(3,4)19-12-8-5-9-13-19/h6-7,10-11,14,17,20H,5,8-9,12-13H2,1-4H3. The summed E-state index contributed by atoms with van der Waals surface area (Å²) >= 11 is 0. The molecule has 1 heterocycles. The Kier molecular flexibility index (Phi) is 5.28. The van der Waals surface area contributed by atoms with Crippen molar-refractivity contribution in [2.75, 3.05) is 13.1 Å². The first-order valence-corrected chi connectivity index (χ1v) is 8.11. The third-order valence-electron chi connectivity index (χ3n) is 4.42. The summed E-state index contributed by atoms with van der Waals surface area (Å²) in [6.07, 6.45) is 3.30. The van der Waals surface area contributed by atoms with E-state index >= 15 is 0 Å². The Hall–Kier alpha value is -1.06. The molecule has 1 aromatic carbocycles. The highest BCUT2D eigenvalue weighted by Gasteiger charge is 2.37. The molecular formula is C18H29NO2. The number of nitrogens with zero attached hydrogens (tertiary/aromatic N) is 1. The van der Waals surface area contributed by atoms with Crippen LogP contribution in [0.3, 0.4) is 0 Å². The number of rotatable bonds is 5. The molecule has 3 heteroatoms. The SMILES string of the molecule is CC(C)Oc1ccccc1C(O)C(C)(C)N1CCCCC1. The molecule has 0 aromatic heterocycles. The van der Waals surface area contributed by atoms with E-state index < -0.39 is 6.10 Å². The van der Waals surface area contributed by atoms with Crippen LogP contribution in [0.15, 0.2) is 24.3 Å². The maximum Gasteiger partial charge on any atom is 0.125 e. The fourth-order valence-electron chi connectivity index (χ4n) is 3.09. The lowest BCUT2D eigenvalue weighted by Gasteiger charge is -2.44. The zero-order valence-corrected chi connectivity index (χ0v) is 13.8. The normalized spacial score (nSPS) is 18.8. The van der Waals surface area contributed by atoms with Crippen molar-refractivity contribution in [1.82, 2.24) is 4.90 Å². The zero-order chi connectivity index (χ0) is 15.5. The van der Waals surface area contributed by atoms with Crippen LogP contribution in [0.2, 0.25) is 0 Å². The van der Waals surface area contributed by atoms with E-state index in [1.807, 2.05) is 38.1 Å². The Bertz CT molecular complexity index is 450. The quantitative estimate of drug-likeness (QED) is 0.896. The van der Waals surface area contributed by atoms with Gasteiger partial charge < -0.3 is 9.84 Å². The van der Waals surface area contributed by atoms with Gasteiger partial charge in [-0.2, -0.15) is 0 Å². The van der Waals surface area contributed by atoms with E-state index in [4.69, 9.17) is 4.74 Å². The highest BCUT2D eigenvalue weighted by atomic mass is 16.5. The molecule has 2 rings (SSSR count). The van der Waals surface area contributed by atoms with Crippen LogP contribution < -0.4 is 4.74 Å². The molecule has 1 fully saturated rings. The lowest BCUT2D eigenvalue weighted by atomic mass is 9.87. The molecule has 1 unspecified atom stereocenters. The molecule has 0 saturated carbocycles. The number of hydrogen-bond donors (Lipinski definition) is 1. The molecule has 21 heavy (non-hydrogen) atoms. The molecule has 0 spiro atoms. The second-order valence-corrected chi connectivity index (χ2v) is 6.81. The van der Waals surface area contributed by atoms with Crippen molar-refractivity contribution in [3.8, 4) is 5.75 Å². The van der Waals surface area contributed by atoms with Gasteiger partial charge in [-0.25, -0.2) is 0 Å². The number of likely N-dealkylation sites (tertiary alicyclic amines) is 1. The Morgan fingerprint density at radius 3 is 2.33 bits per heavy atom. The fraction of sp³-hybridized carbons (Fsp3) is 0.667. The number of aliphatic hydroxyl groups excluding tert-OH is 1. The lowest BCUT2D eigenvalue weighted by molar-refractivity contribution is -0.0224. The number of aliphatic hydroxyl groups is 1. The monoisotopic (exact) mass is 291 g/mol. The second-order valence-electron chi connectivity index (χ2n) is 6.81. The second kappa shape index (κ2) is 6.80. The van der Waals surface area contributed by atoms with Gasteiger partial charge >= 0.3 is 0 Å². The Labute approximate surface area is 128 Å². The molecule has 1 saturated heterocycles. The molecule has 0 amide bonds. The van der Waals surface area contributed by atoms with E-state index in [0.29, 0.717) is 0 Å². The van der Waals surface area contributed by atoms with Crippen LogP contribution in [0, 0.1) is 0 Å². The van der Waals surface area contributed by atoms with Crippen molar-refractivity contribution in [3.05, 3.63) is 29.8 Å². The van der Waals surface area contributed by atoms with Crippen molar-refractivity contribution < 1.29 is 9.84 Å². The lowest BCUT2D eigenvalue weighted by Crippen LogP contribution is -2.50. The van der Waals surface area contributed by atoms with Gasteiger partial charge in [0.05, 0.1) is 6.10 Å². The van der Waals surface area contributed by atoms with E-state index in [0.717, 1.165) is 24.4 Å². The van der Waals surface area contributed by atoms with Gasteiger partial charge in [-0.05, 0) is 59.7 Å². The molecule has 0 bridgehead atoms. The zero-order valence-electron chi connectivity index (χ0n) is 13.8. The number of piperidine rings is 1. The van der Waals surface area contributed by atoms with Gasteiger partial charge in [-0.15, -0.1) is 0 Å². The first-order chi connectivity index (χ1) is 9.93. The van der Waals surface area contributed by atoms with Crippen molar-refractivity contribution >= 4 is 0 Å². The summed E-state index contributed by atoms with van der Waals surface area (Å²) < 4.78 is 5.87. The molecule has 1 aliphatic heterocycles. The third kappa shape index (κ3) is 3.78. The molecule has 1 N–H and O–H groups in total. The van der Waals surface area contributed by atoms with Gasteiger partial charge in [0.15, 0.2) is 0 Å². The summed E-state index contributed by atoms with van der Waals surface area (Å²) in [6, 6.07) is 7.86. The van der Waals surface area contributed by atoms with Crippen molar-refractivity contribution in [2.24, 2.45) is 0 Å². The minimum absolute atomic E-state index is 0.108. The number of benzene rings is 1. The first-order valence-electron chi connectivity index (χ1n) is 8.11. The predicted molar refractivity (Wildman–Crippen MR) is 86.7 cm³/mol. The summed E-state index contributed by atoms with van der Waals surface area (Å²) in [7, 11) is 0. The maximum atomic E-state index is 11.0. The van der Waals surface area contributed by atoms with Crippen molar-refractivity contribution in [1.29, 1.82) is 0 Å². The van der Waals surface area contributed by atoms with Crippen molar-refractivity contribution in [2.45, 2.75) is 64.7 Å². The van der Waals surface area contributed by atoms with E-state index in [-0.39, 0.29) is 11.6 Å². The van der Waals surface area contributed by atoms with Gasteiger partial charge in [0, 0.05) is 11.1 Å². The third-order valence-corrected chi connectivity index (χ3v) is 4.42. The number of ether oxygens (including phenoxy) is 1. The smallest absolute Gasteiger partial charge is 0.125 e. The molecule has 0 aliphatic carbocycles. The van der Waals surface area contributed by atoms with E-state index in [9.17, 15) is 5.11 Å². The average molecular weight is 291 g/mol. The van der Waals surface area contributed by atoms with E-state index in [2.05, 4.69) is 18.7 Å². The predicted octanol–water partition coefficient (Wildman–Crippen LogP) is 3.77. The van der Waals surface area contributed by atoms with Crippen LogP contribution in [0.25, 0.3) is 0 Å². The average Bonchev–Trinajstić information content (AvgIpc) is 2.47. The van der Waals surface area contributed by atoms with Gasteiger partial charge in [0.1, 0.15) is 11.9 Å². The molecule has 1 aliphatic rings. The largest absolute Gasteiger partial charge is 0.491 e. The molecule has 1 atom stereocenters. The van der Waals surface area contributed by atoms with Crippen LogP contribution >= 0.6 is 0 Å². The van der Waals surface area contributed by atoms with Crippen LogP contribution in [-0.4, -0.2) is 34.7 Å². The summed E-state index contributed by atoms with van der Waals surface area (Å²) in [6.45, 7) is 10.4. The molecule has 0 radical (unpaired) electrons. The Balaban J connectivity index is 2.23. The summed E-state index contributed by atoms with van der Waals surface area (Å²) in [5.74, 6) is 0.796. The van der Waals surface area contributed by atoms with Gasteiger partial charge in [0.25, 0.3) is 0 Å². The van der Waals surface area contributed by atoms with Crippen LogP contribution in [-0.2, 0) is 0 Å². The fourth-order valence-corrected chi connectivity index (χ4v) is 3.09. The van der Waals surface area contributed by atoms with Gasteiger partial charge in [0.2, 0.25) is 0 Å². The molecular weight excluding hydrogens is 262 g/mol. The summed E-state index contributed by atoms with van der Waals surface area (Å²) in [4.78, 5) is 2.41. The molecule has 1 aromatic rings. The Morgan fingerprint density at radius 2 is 1.71 bits per heavy atom.